The molecule has 1 aromatic rings. The SMILES string of the molecule is COc1ccc(S(=O)(=O)N2C[C@H](C)O[C@@H](C)C2)cc1C(C)(C)C. The summed E-state index contributed by atoms with van der Waals surface area (Å²) >= 11 is 0. The van der Waals surface area contributed by atoms with E-state index in [9.17, 15) is 8.42 Å². The van der Waals surface area contributed by atoms with Crippen molar-refractivity contribution >= 4 is 10.0 Å². The van der Waals surface area contributed by atoms with Crippen LogP contribution < -0.4 is 4.74 Å². The molecule has 0 unspecified atom stereocenters. The number of hydrogen-bond acceptors (Lipinski definition) is 4. The molecule has 0 amide bonds. The third-order valence-electron chi connectivity index (χ3n) is 4.00. The fraction of sp³-hybridized carbons (Fsp3) is 0.647. The zero-order valence-corrected chi connectivity index (χ0v) is 15.6. The molecule has 1 fully saturated rings. The van der Waals surface area contributed by atoms with E-state index in [0.29, 0.717) is 23.7 Å². The predicted octanol–water partition coefficient (Wildman–Crippen LogP) is 2.79. The summed E-state index contributed by atoms with van der Waals surface area (Å²) in [5.74, 6) is 0.708. The van der Waals surface area contributed by atoms with E-state index < -0.39 is 10.0 Å². The number of hydrogen-bond donors (Lipinski definition) is 0. The monoisotopic (exact) mass is 341 g/mol. The lowest BCUT2D eigenvalue weighted by atomic mass is 9.86. The second kappa shape index (κ2) is 6.42. The Hall–Kier alpha value is -1.11. The van der Waals surface area contributed by atoms with Crippen molar-refractivity contribution in [2.45, 2.75) is 57.1 Å². The van der Waals surface area contributed by atoms with Crippen LogP contribution in [0.4, 0.5) is 0 Å². The summed E-state index contributed by atoms with van der Waals surface area (Å²) in [6.07, 6.45) is -0.206. The zero-order chi connectivity index (χ0) is 17.4. The van der Waals surface area contributed by atoms with Crippen molar-refractivity contribution in [3.8, 4) is 5.75 Å². The lowest BCUT2D eigenvalue weighted by molar-refractivity contribution is -0.0440. The molecule has 0 spiro atoms. The molecule has 23 heavy (non-hydrogen) atoms. The Morgan fingerprint density at radius 1 is 1.17 bits per heavy atom. The van der Waals surface area contributed by atoms with Crippen molar-refractivity contribution in [3.63, 3.8) is 0 Å². The van der Waals surface area contributed by atoms with Gasteiger partial charge >= 0.3 is 0 Å². The minimum absolute atomic E-state index is 0.103. The number of rotatable bonds is 3. The first kappa shape index (κ1) is 18.2. The van der Waals surface area contributed by atoms with E-state index in [0.717, 1.165) is 5.56 Å². The second-order valence-electron chi connectivity index (χ2n) is 7.19. The van der Waals surface area contributed by atoms with Crippen LogP contribution in [0.1, 0.15) is 40.2 Å². The number of benzene rings is 1. The van der Waals surface area contributed by atoms with Gasteiger partial charge in [-0.3, -0.25) is 0 Å². The maximum Gasteiger partial charge on any atom is 0.243 e. The van der Waals surface area contributed by atoms with Crippen LogP contribution >= 0.6 is 0 Å². The molecule has 1 heterocycles. The maximum atomic E-state index is 13.0. The largest absolute Gasteiger partial charge is 0.496 e. The molecule has 0 aliphatic carbocycles. The molecule has 0 radical (unpaired) electrons. The van der Waals surface area contributed by atoms with Gasteiger partial charge in [-0.25, -0.2) is 8.42 Å². The maximum absolute atomic E-state index is 13.0. The first-order valence-electron chi connectivity index (χ1n) is 7.90. The summed E-state index contributed by atoms with van der Waals surface area (Å²) in [6, 6.07) is 5.09. The molecule has 130 valence electrons. The fourth-order valence-electron chi connectivity index (χ4n) is 2.91. The molecule has 0 bridgehead atoms. The lowest BCUT2D eigenvalue weighted by Gasteiger charge is -2.34. The topological polar surface area (TPSA) is 55.8 Å². The van der Waals surface area contributed by atoms with Crippen LogP contribution in [0.3, 0.4) is 0 Å². The number of nitrogens with zero attached hydrogens (tertiary/aromatic N) is 1. The van der Waals surface area contributed by atoms with Crippen LogP contribution in [0.2, 0.25) is 0 Å². The third-order valence-corrected chi connectivity index (χ3v) is 5.83. The van der Waals surface area contributed by atoms with Gasteiger partial charge in [0, 0.05) is 18.7 Å². The van der Waals surface area contributed by atoms with Crippen molar-refractivity contribution < 1.29 is 17.9 Å². The molecule has 5 nitrogen and oxygen atoms in total. The number of methoxy groups -OCH3 is 1. The normalized spacial score (nSPS) is 23.7. The summed E-state index contributed by atoms with van der Waals surface area (Å²) in [5, 5.41) is 0. The van der Waals surface area contributed by atoms with E-state index in [-0.39, 0.29) is 17.6 Å². The Bertz CT molecular complexity index is 654. The molecule has 2 rings (SSSR count). The quantitative estimate of drug-likeness (QED) is 0.848. The lowest BCUT2D eigenvalue weighted by Crippen LogP contribution is -2.48. The Labute approximate surface area is 139 Å². The molecule has 1 aliphatic heterocycles. The Kier molecular flexibility index (Phi) is 5.09. The van der Waals surface area contributed by atoms with Crippen molar-refractivity contribution in [2.75, 3.05) is 20.2 Å². The molecule has 0 N–H and O–H groups in total. The van der Waals surface area contributed by atoms with Gasteiger partial charge in [0.2, 0.25) is 10.0 Å². The van der Waals surface area contributed by atoms with Crippen molar-refractivity contribution in [1.29, 1.82) is 0 Å². The molecular weight excluding hydrogens is 314 g/mol. The Morgan fingerprint density at radius 2 is 1.74 bits per heavy atom. The van der Waals surface area contributed by atoms with Crippen LogP contribution in [0.25, 0.3) is 0 Å². The number of sulfonamides is 1. The van der Waals surface area contributed by atoms with Crippen molar-refractivity contribution in [1.82, 2.24) is 4.31 Å². The van der Waals surface area contributed by atoms with Gasteiger partial charge in [-0.2, -0.15) is 4.31 Å². The summed E-state index contributed by atoms with van der Waals surface area (Å²) < 4.78 is 38.5. The molecule has 1 saturated heterocycles. The molecule has 0 saturated carbocycles. The van der Waals surface area contributed by atoms with Gasteiger partial charge in [0.25, 0.3) is 0 Å². The highest BCUT2D eigenvalue weighted by atomic mass is 32.2. The average molecular weight is 341 g/mol. The summed E-state index contributed by atoms with van der Waals surface area (Å²) in [6.45, 7) is 10.7. The van der Waals surface area contributed by atoms with Gasteiger partial charge in [-0.05, 0) is 37.5 Å². The van der Waals surface area contributed by atoms with Crippen LogP contribution in [0.15, 0.2) is 23.1 Å². The third kappa shape index (κ3) is 3.87. The van der Waals surface area contributed by atoms with E-state index in [1.807, 2.05) is 34.6 Å². The van der Waals surface area contributed by atoms with E-state index in [4.69, 9.17) is 9.47 Å². The van der Waals surface area contributed by atoms with Gasteiger partial charge in [-0.15, -0.1) is 0 Å². The van der Waals surface area contributed by atoms with E-state index in [1.54, 1.807) is 25.3 Å². The van der Waals surface area contributed by atoms with Gasteiger partial charge in [0.15, 0.2) is 0 Å². The van der Waals surface area contributed by atoms with Crippen LogP contribution in [0.5, 0.6) is 5.75 Å². The average Bonchev–Trinajstić information content (AvgIpc) is 2.44. The van der Waals surface area contributed by atoms with Gasteiger partial charge in [-0.1, -0.05) is 20.8 Å². The van der Waals surface area contributed by atoms with E-state index >= 15 is 0 Å². The Morgan fingerprint density at radius 3 is 2.22 bits per heavy atom. The van der Waals surface area contributed by atoms with Gasteiger partial charge < -0.3 is 9.47 Å². The van der Waals surface area contributed by atoms with Crippen molar-refractivity contribution in [2.24, 2.45) is 0 Å². The van der Waals surface area contributed by atoms with Crippen LogP contribution in [-0.2, 0) is 20.2 Å². The fourth-order valence-corrected chi connectivity index (χ4v) is 4.53. The molecule has 1 aromatic carbocycles. The highest BCUT2D eigenvalue weighted by molar-refractivity contribution is 7.89. The van der Waals surface area contributed by atoms with E-state index in [1.165, 1.54) is 4.31 Å². The molecule has 2 atom stereocenters. The smallest absolute Gasteiger partial charge is 0.243 e. The van der Waals surface area contributed by atoms with Gasteiger partial charge in [0.05, 0.1) is 24.2 Å². The summed E-state index contributed by atoms with van der Waals surface area (Å²) in [5.41, 5.74) is 0.679. The van der Waals surface area contributed by atoms with E-state index in [2.05, 4.69) is 0 Å². The highest BCUT2D eigenvalue weighted by Crippen LogP contribution is 2.34. The molecular formula is C17H27NO4S. The zero-order valence-electron chi connectivity index (χ0n) is 14.8. The first-order chi connectivity index (χ1) is 10.6. The number of morpholine rings is 1. The molecule has 6 heteroatoms. The molecule has 0 aromatic heterocycles. The Balaban J connectivity index is 2.44. The van der Waals surface area contributed by atoms with Crippen molar-refractivity contribution in [3.05, 3.63) is 23.8 Å². The number of ether oxygens (including phenoxy) is 2. The molecule has 1 aliphatic rings. The second-order valence-corrected chi connectivity index (χ2v) is 9.13. The van der Waals surface area contributed by atoms with Gasteiger partial charge in [0.1, 0.15) is 5.75 Å². The summed E-state index contributed by atoms with van der Waals surface area (Å²) in [4.78, 5) is 0.310. The first-order valence-corrected chi connectivity index (χ1v) is 9.34. The predicted molar refractivity (Wildman–Crippen MR) is 90.5 cm³/mol. The highest BCUT2D eigenvalue weighted by Gasteiger charge is 2.33. The minimum atomic E-state index is -3.54. The standard InChI is InChI=1S/C17H27NO4S/c1-12-10-18(11-13(2)22-12)23(19,20)14-7-8-16(21-6)15(9-14)17(3,4)5/h7-9,12-13H,10-11H2,1-6H3/t12-,13-/m0/s1. The summed E-state index contributed by atoms with van der Waals surface area (Å²) in [7, 11) is -1.94. The van der Waals surface area contributed by atoms with Crippen LogP contribution in [-0.4, -0.2) is 45.1 Å². The van der Waals surface area contributed by atoms with Crippen LogP contribution in [0, 0.1) is 0 Å². The minimum Gasteiger partial charge on any atom is -0.496 e.